The zero-order chi connectivity index (χ0) is 27.0. The first-order chi connectivity index (χ1) is 18.3. The van der Waals surface area contributed by atoms with E-state index < -0.39 is 21.9 Å². The van der Waals surface area contributed by atoms with Gasteiger partial charge >= 0.3 is 6.03 Å². The Labute approximate surface area is 222 Å². The second-order valence-corrected chi connectivity index (χ2v) is 10.9. The molecule has 8 heteroatoms. The first-order valence-electron chi connectivity index (χ1n) is 12.1. The van der Waals surface area contributed by atoms with Crippen molar-refractivity contribution in [3.63, 3.8) is 0 Å². The molecule has 4 rings (SSSR count). The molecule has 0 aromatic heterocycles. The molecule has 7 nitrogen and oxygen atoms in total. The van der Waals surface area contributed by atoms with Crippen LogP contribution in [0.2, 0.25) is 0 Å². The monoisotopic (exact) mass is 527 g/mol. The fraction of sp³-hybridized carbons (Fsp3) is 0.133. The number of rotatable bonds is 9. The van der Waals surface area contributed by atoms with Crippen LogP contribution in [0.4, 0.5) is 10.5 Å². The van der Waals surface area contributed by atoms with E-state index in [9.17, 15) is 18.0 Å². The summed E-state index contributed by atoms with van der Waals surface area (Å²) in [6.07, 6.45) is 1.52. The summed E-state index contributed by atoms with van der Waals surface area (Å²) in [7, 11) is -3.38. The maximum absolute atomic E-state index is 13.1. The van der Waals surface area contributed by atoms with Gasteiger partial charge in [0.05, 0.1) is 4.90 Å². The van der Waals surface area contributed by atoms with Crippen LogP contribution >= 0.6 is 0 Å². The van der Waals surface area contributed by atoms with Crippen molar-refractivity contribution in [2.75, 3.05) is 11.6 Å². The van der Waals surface area contributed by atoms with Crippen LogP contribution in [-0.2, 0) is 27.6 Å². The van der Waals surface area contributed by atoms with Crippen LogP contribution in [0.25, 0.3) is 11.1 Å². The molecule has 0 fully saturated rings. The highest BCUT2D eigenvalue weighted by Crippen LogP contribution is 2.27. The number of benzene rings is 4. The van der Waals surface area contributed by atoms with Crippen molar-refractivity contribution < 1.29 is 18.0 Å². The molecule has 3 N–H and O–H groups in total. The maximum Gasteiger partial charge on any atom is 0.319 e. The number of nitrogens with one attached hydrogen (secondary N) is 3. The average molecular weight is 528 g/mol. The van der Waals surface area contributed by atoms with Gasteiger partial charge in [-0.2, -0.15) is 0 Å². The average Bonchev–Trinajstić information content (AvgIpc) is 2.92. The first-order valence-corrected chi connectivity index (χ1v) is 14.0. The Balaban J connectivity index is 1.43. The van der Waals surface area contributed by atoms with E-state index in [1.807, 2.05) is 72.8 Å². The van der Waals surface area contributed by atoms with Crippen molar-refractivity contribution in [3.8, 4) is 11.1 Å². The summed E-state index contributed by atoms with van der Waals surface area (Å²) < 4.78 is 24.3. The van der Waals surface area contributed by atoms with E-state index in [0.717, 1.165) is 16.7 Å². The van der Waals surface area contributed by atoms with Gasteiger partial charge in [-0.3, -0.25) is 4.79 Å². The number of hydrogen-bond donors (Lipinski definition) is 3. The SMILES string of the molecule is CS(=O)(=O)c1ccccc1-c1ccc(CNC(=O)[C@H](Cc2ccccc2)NC(=O)Nc2ccccc2)cc1. The molecular formula is C30H29N3O4S. The van der Waals surface area contributed by atoms with Gasteiger partial charge in [0.2, 0.25) is 5.91 Å². The Morgan fingerprint density at radius 3 is 2.00 bits per heavy atom. The summed E-state index contributed by atoms with van der Waals surface area (Å²) in [4.78, 5) is 26.0. The molecule has 4 aromatic carbocycles. The summed E-state index contributed by atoms with van der Waals surface area (Å²) >= 11 is 0. The summed E-state index contributed by atoms with van der Waals surface area (Å²) in [5.74, 6) is -0.316. The zero-order valence-electron chi connectivity index (χ0n) is 20.9. The number of urea groups is 1. The summed E-state index contributed by atoms with van der Waals surface area (Å²) in [6, 6.07) is 31.4. The second kappa shape index (κ2) is 12.2. The normalized spacial score (nSPS) is 11.8. The van der Waals surface area contributed by atoms with Crippen molar-refractivity contribution in [2.45, 2.75) is 23.9 Å². The van der Waals surface area contributed by atoms with Crippen LogP contribution in [0, 0.1) is 0 Å². The number of anilines is 1. The molecule has 1 atom stereocenters. The van der Waals surface area contributed by atoms with E-state index in [0.29, 0.717) is 17.7 Å². The third-order valence-corrected chi connectivity index (χ3v) is 7.11. The standard InChI is InChI=1S/C30H29N3O4S/c1-38(36,37)28-15-9-8-14-26(28)24-18-16-23(17-19-24)21-31-29(34)27(20-22-10-4-2-5-11-22)33-30(35)32-25-12-6-3-7-13-25/h2-19,27H,20-21H2,1H3,(H,31,34)(H2,32,33,35)/t27-/m0/s1. The zero-order valence-corrected chi connectivity index (χ0v) is 21.7. The molecule has 0 spiro atoms. The van der Waals surface area contributed by atoms with Gasteiger partial charge < -0.3 is 16.0 Å². The van der Waals surface area contributed by atoms with Gasteiger partial charge in [-0.15, -0.1) is 0 Å². The molecule has 3 amide bonds. The molecule has 0 radical (unpaired) electrons. The van der Waals surface area contributed by atoms with Gasteiger partial charge in [0.1, 0.15) is 6.04 Å². The molecule has 0 aliphatic carbocycles. The van der Waals surface area contributed by atoms with Crippen LogP contribution < -0.4 is 16.0 Å². The smallest absolute Gasteiger partial charge is 0.319 e. The predicted molar refractivity (Wildman–Crippen MR) is 149 cm³/mol. The molecule has 0 saturated heterocycles. The van der Waals surface area contributed by atoms with Crippen molar-refractivity contribution in [2.24, 2.45) is 0 Å². The molecule has 0 aliphatic rings. The maximum atomic E-state index is 13.1. The summed E-state index contributed by atoms with van der Waals surface area (Å²) in [5, 5.41) is 8.44. The first kappa shape index (κ1) is 26.6. The van der Waals surface area contributed by atoms with Crippen molar-refractivity contribution >= 4 is 27.5 Å². The lowest BCUT2D eigenvalue weighted by Gasteiger charge is -2.19. The summed E-state index contributed by atoms with van der Waals surface area (Å²) in [6.45, 7) is 0.250. The minimum atomic E-state index is -3.38. The number of carbonyl (C=O) groups excluding carboxylic acids is 2. The Kier molecular flexibility index (Phi) is 8.55. The Morgan fingerprint density at radius 1 is 0.737 bits per heavy atom. The Morgan fingerprint density at radius 2 is 1.34 bits per heavy atom. The minimum absolute atomic E-state index is 0.250. The van der Waals surface area contributed by atoms with E-state index in [1.165, 1.54) is 6.26 Å². The lowest BCUT2D eigenvalue weighted by atomic mass is 10.0. The van der Waals surface area contributed by atoms with Gasteiger partial charge in [-0.25, -0.2) is 13.2 Å². The number of hydrogen-bond acceptors (Lipinski definition) is 4. The van der Waals surface area contributed by atoms with Crippen LogP contribution in [0.1, 0.15) is 11.1 Å². The van der Waals surface area contributed by atoms with Crippen molar-refractivity contribution in [1.29, 1.82) is 0 Å². The Hall–Kier alpha value is -4.43. The highest BCUT2D eigenvalue weighted by molar-refractivity contribution is 7.90. The number of carbonyl (C=O) groups is 2. The van der Waals surface area contributed by atoms with Crippen LogP contribution in [-0.4, -0.2) is 32.7 Å². The molecule has 0 aliphatic heterocycles. The van der Waals surface area contributed by atoms with E-state index in [4.69, 9.17) is 0 Å². The van der Waals surface area contributed by atoms with Crippen LogP contribution in [0.3, 0.4) is 0 Å². The highest BCUT2D eigenvalue weighted by Gasteiger charge is 2.21. The third kappa shape index (κ3) is 7.30. The third-order valence-electron chi connectivity index (χ3n) is 5.95. The van der Waals surface area contributed by atoms with Gasteiger partial charge in [0.25, 0.3) is 0 Å². The van der Waals surface area contributed by atoms with E-state index in [-0.39, 0.29) is 17.3 Å². The number of amides is 3. The summed E-state index contributed by atoms with van der Waals surface area (Å²) in [5.41, 5.74) is 3.78. The molecule has 4 aromatic rings. The molecule has 0 heterocycles. The molecule has 0 saturated carbocycles. The predicted octanol–water partition coefficient (Wildman–Crippen LogP) is 4.81. The molecule has 0 bridgehead atoms. The van der Waals surface area contributed by atoms with Crippen molar-refractivity contribution in [1.82, 2.24) is 10.6 Å². The van der Waals surface area contributed by atoms with Crippen LogP contribution in [0.5, 0.6) is 0 Å². The van der Waals surface area contributed by atoms with E-state index >= 15 is 0 Å². The topological polar surface area (TPSA) is 104 Å². The van der Waals surface area contributed by atoms with E-state index in [1.54, 1.807) is 36.4 Å². The number of para-hydroxylation sites is 1. The molecule has 38 heavy (non-hydrogen) atoms. The lowest BCUT2D eigenvalue weighted by molar-refractivity contribution is -0.123. The fourth-order valence-electron chi connectivity index (χ4n) is 4.05. The fourth-order valence-corrected chi connectivity index (χ4v) is 4.96. The van der Waals surface area contributed by atoms with Gasteiger partial charge in [0.15, 0.2) is 9.84 Å². The second-order valence-electron chi connectivity index (χ2n) is 8.89. The highest BCUT2D eigenvalue weighted by atomic mass is 32.2. The lowest BCUT2D eigenvalue weighted by Crippen LogP contribution is -2.49. The van der Waals surface area contributed by atoms with Crippen molar-refractivity contribution in [3.05, 3.63) is 120 Å². The van der Waals surface area contributed by atoms with Gasteiger partial charge in [-0.1, -0.05) is 91.0 Å². The molecule has 0 unspecified atom stereocenters. The molecular weight excluding hydrogens is 498 g/mol. The van der Waals surface area contributed by atoms with E-state index in [2.05, 4.69) is 16.0 Å². The van der Waals surface area contributed by atoms with Gasteiger partial charge in [0, 0.05) is 30.5 Å². The minimum Gasteiger partial charge on any atom is -0.350 e. The van der Waals surface area contributed by atoms with Crippen LogP contribution in [0.15, 0.2) is 114 Å². The van der Waals surface area contributed by atoms with Gasteiger partial charge in [-0.05, 0) is 34.9 Å². The Bertz CT molecular complexity index is 1490. The quantitative estimate of drug-likeness (QED) is 0.291. The largest absolute Gasteiger partial charge is 0.350 e. The number of sulfone groups is 1. The molecule has 194 valence electrons.